The highest BCUT2D eigenvalue weighted by Gasteiger charge is 1.99. The Hall–Kier alpha value is -3.08. The van der Waals surface area contributed by atoms with Crippen LogP contribution in [0, 0.1) is 0 Å². The third-order valence-electron chi connectivity index (χ3n) is 6.31. The quantitative estimate of drug-likeness (QED) is 0.0671. The van der Waals surface area contributed by atoms with Gasteiger partial charge in [0.2, 0.25) is 0 Å². The predicted molar refractivity (Wildman–Crippen MR) is 158 cm³/mol. The largest absolute Gasteiger partial charge is 0.494 e. The lowest BCUT2D eigenvalue weighted by atomic mass is 10.1. The van der Waals surface area contributed by atoms with E-state index < -0.39 is 0 Å². The molecule has 0 aromatic heterocycles. The van der Waals surface area contributed by atoms with Crippen LogP contribution in [0.25, 0.3) is 0 Å². The van der Waals surface area contributed by atoms with Gasteiger partial charge < -0.3 is 14.2 Å². The van der Waals surface area contributed by atoms with Crippen molar-refractivity contribution in [2.75, 3.05) is 19.8 Å². The van der Waals surface area contributed by atoms with E-state index in [1.807, 2.05) is 54.7 Å². The van der Waals surface area contributed by atoms with Gasteiger partial charge in [-0.2, -0.15) is 0 Å². The number of hydrogen-bond acceptors (Lipinski definition) is 5. The molecule has 208 valence electrons. The van der Waals surface area contributed by atoms with E-state index in [0.29, 0.717) is 13.2 Å². The Morgan fingerprint density at radius 1 is 0.684 bits per heavy atom. The minimum Gasteiger partial charge on any atom is -0.494 e. The van der Waals surface area contributed by atoms with Gasteiger partial charge in [-0.3, -0.25) is 4.99 Å². The van der Waals surface area contributed by atoms with Crippen LogP contribution in [0.3, 0.4) is 0 Å². The molecule has 0 fully saturated rings. The summed E-state index contributed by atoms with van der Waals surface area (Å²) < 4.78 is 16.7. The van der Waals surface area contributed by atoms with E-state index in [4.69, 9.17) is 14.2 Å². The predicted octanol–water partition coefficient (Wildman–Crippen LogP) is 9.02. The summed E-state index contributed by atoms with van der Waals surface area (Å²) in [6.07, 6.45) is 18.8. The number of carbonyl (C=O) groups is 1. The number of ether oxygens (including phenoxy) is 3. The lowest BCUT2D eigenvalue weighted by molar-refractivity contribution is -0.137. The Bertz CT molecular complexity index is 906. The highest BCUT2D eigenvalue weighted by Crippen LogP contribution is 2.19. The molecule has 0 amide bonds. The molecule has 0 atom stereocenters. The number of esters is 1. The van der Waals surface area contributed by atoms with Gasteiger partial charge in [0, 0.05) is 12.3 Å². The topological polar surface area (TPSA) is 57.1 Å². The van der Waals surface area contributed by atoms with Crippen molar-refractivity contribution >= 4 is 17.9 Å². The first-order chi connectivity index (χ1) is 18.7. The Kier molecular flexibility index (Phi) is 17.1. The van der Waals surface area contributed by atoms with E-state index in [9.17, 15) is 4.79 Å². The maximum atomic E-state index is 11.0. The zero-order valence-electron chi connectivity index (χ0n) is 23.4. The fourth-order valence-electron chi connectivity index (χ4n) is 4.01. The number of aliphatic imine (C=N–C) groups is 1. The van der Waals surface area contributed by atoms with Gasteiger partial charge in [0.15, 0.2) is 0 Å². The summed E-state index contributed by atoms with van der Waals surface area (Å²) >= 11 is 0. The first-order valence-electron chi connectivity index (χ1n) is 14.5. The van der Waals surface area contributed by atoms with Crippen LogP contribution in [-0.4, -0.2) is 32.0 Å². The van der Waals surface area contributed by atoms with Crippen LogP contribution in [0.5, 0.6) is 11.5 Å². The first-order valence-corrected chi connectivity index (χ1v) is 14.5. The molecule has 0 spiro atoms. The molecule has 0 unspecified atom stereocenters. The molecular weight excluding hydrogens is 474 g/mol. The summed E-state index contributed by atoms with van der Waals surface area (Å²) in [6, 6.07) is 15.9. The standard InChI is InChI=1S/C33H47NO4/c1-3-5-6-7-8-9-10-11-14-25-37-32-23-19-30(20-24-32)34-28-29-17-21-31(22-18-29)36-26-15-12-13-16-27-38-33(35)4-2/h4,17-24,28H,2-3,5-16,25-27H2,1H3. The van der Waals surface area contributed by atoms with Gasteiger partial charge in [0.25, 0.3) is 0 Å². The molecule has 0 saturated heterocycles. The Balaban J connectivity index is 1.55. The maximum Gasteiger partial charge on any atom is 0.330 e. The Labute approximate surface area is 230 Å². The summed E-state index contributed by atoms with van der Waals surface area (Å²) in [5.41, 5.74) is 1.93. The number of hydrogen-bond donors (Lipinski definition) is 0. The van der Waals surface area contributed by atoms with Gasteiger partial charge in [0.1, 0.15) is 11.5 Å². The van der Waals surface area contributed by atoms with E-state index in [0.717, 1.165) is 61.5 Å². The molecule has 0 radical (unpaired) electrons. The van der Waals surface area contributed by atoms with Crippen LogP contribution >= 0.6 is 0 Å². The van der Waals surface area contributed by atoms with Crippen molar-refractivity contribution in [3.8, 4) is 11.5 Å². The van der Waals surface area contributed by atoms with Crippen molar-refractivity contribution in [2.24, 2.45) is 4.99 Å². The molecule has 2 aromatic carbocycles. The van der Waals surface area contributed by atoms with Crippen molar-refractivity contribution in [2.45, 2.75) is 90.4 Å². The van der Waals surface area contributed by atoms with Crippen molar-refractivity contribution < 1.29 is 19.0 Å². The second-order valence-corrected chi connectivity index (χ2v) is 9.63. The van der Waals surface area contributed by atoms with Gasteiger partial charge in [-0.15, -0.1) is 0 Å². The summed E-state index contributed by atoms with van der Waals surface area (Å²) in [5, 5.41) is 0. The Morgan fingerprint density at radius 3 is 1.68 bits per heavy atom. The lowest BCUT2D eigenvalue weighted by Crippen LogP contribution is -2.02. The molecule has 0 saturated carbocycles. The normalized spacial score (nSPS) is 11.0. The lowest BCUT2D eigenvalue weighted by Gasteiger charge is -2.07. The molecule has 38 heavy (non-hydrogen) atoms. The van der Waals surface area contributed by atoms with Crippen molar-refractivity contribution in [1.82, 2.24) is 0 Å². The molecule has 0 bridgehead atoms. The van der Waals surface area contributed by atoms with E-state index in [1.165, 1.54) is 57.4 Å². The van der Waals surface area contributed by atoms with E-state index in [1.54, 1.807) is 0 Å². The minimum atomic E-state index is -0.357. The van der Waals surface area contributed by atoms with Crippen LogP contribution in [0.1, 0.15) is 96.0 Å². The SMILES string of the molecule is C=CC(=O)OCCCCCCOc1ccc(C=Nc2ccc(OCCCCCCCCCCC)cc2)cc1. The van der Waals surface area contributed by atoms with E-state index in [2.05, 4.69) is 18.5 Å². The van der Waals surface area contributed by atoms with Crippen LogP contribution in [0.2, 0.25) is 0 Å². The van der Waals surface area contributed by atoms with Crippen molar-refractivity contribution in [3.05, 3.63) is 66.7 Å². The molecular formula is C33H47NO4. The summed E-state index contributed by atoms with van der Waals surface area (Å²) in [4.78, 5) is 15.5. The van der Waals surface area contributed by atoms with Crippen LogP contribution in [0.4, 0.5) is 5.69 Å². The molecule has 2 aromatic rings. The van der Waals surface area contributed by atoms with Crippen LogP contribution < -0.4 is 9.47 Å². The van der Waals surface area contributed by atoms with Gasteiger partial charge in [-0.1, -0.05) is 64.9 Å². The number of nitrogens with zero attached hydrogens (tertiary/aromatic N) is 1. The van der Waals surface area contributed by atoms with Gasteiger partial charge in [-0.05, 0) is 86.2 Å². The molecule has 5 nitrogen and oxygen atoms in total. The molecule has 0 aliphatic heterocycles. The maximum absolute atomic E-state index is 11.0. The molecule has 0 aliphatic rings. The van der Waals surface area contributed by atoms with E-state index in [-0.39, 0.29) is 5.97 Å². The third kappa shape index (κ3) is 15.2. The second kappa shape index (κ2) is 20.9. The zero-order chi connectivity index (χ0) is 27.1. The number of benzene rings is 2. The fraction of sp³-hybridized carbons (Fsp3) is 0.515. The number of rotatable bonds is 22. The van der Waals surface area contributed by atoms with Crippen LogP contribution in [0.15, 0.2) is 66.2 Å². The average Bonchev–Trinajstić information content (AvgIpc) is 2.95. The fourth-order valence-corrected chi connectivity index (χ4v) is 4.01. The molecule has 2 rings (SSSR count). The summed E-state index contributed by atoms with van der Waals surface area (Å²) in [7, 11) is 0. The number of unbranched alkanes of at least 4 members (excludes halogenated alkanes) is 11. The smallest absolute Gasteiger partial charge is 0.330 e. The van der Waals surface area contributed by atoms with Crippen molar-refractivity contribution in [1.29, 1.82) is 0 Å². The summed E-state index contributed by atoms with van der Waals surface area (Å²) in [5.74, 6) is 1.40. The van der Waals surface area contributed by atoms with Gasteiger partial charge in [-0.25, -0.2) is 4.79 Å². The monoisotopic (exact) mass is 521 g/mol. The zero-order valence-corrected chi connectivity index (χ0v) is 23.4. The van der Waals surface area contributed by atoms with Gasteiger partial charge >= 0.3 is 5.97 Å². The van der Waals surface area contributed by atoms with Crippen molar-refractivity contribution in [3.63, 3.8) is 0 Å². The van der Waals surface area contributed by atoms with E-state index >= 15 is 0 Å². The van der Waals surface area contributed by atoms with Crippen LogP contribution in [-0.2, 0) is 9.53 Å². The molecule has 0 N–H and O–H groups in total. The molecule has 0 heterocycles. The Morgan fingerprint density at radius 2 is 1.16 bits per heavy atom. The van der Waals surface area contributed by atoms with Gasteiger partial charge in [0.05, 0.1) is 25.5 Å². The average molecular weight is 522 g/mol. The second-order valence-electron chi connectivity index (χ2n) is 9.63. The summed E-state index contributed by atoms with van der Waals surface area (Å²) in [6.45, 7) is 7.55. The number of carbonyl (C=O) groups excluding carboxylic acids is 1. The highest BCUT2D eigenvalue weighted by molar-refractivity contribution is 5.82. The molecule has 0 aliphatic carbocycles. The minimum absolute atomic E-state index is 0.357. The third-order valence-corrected chi connectivity index (χ3v) is 6.31. The molecule has 5 heteroatoms. The highest BCUT2D eigenvalue weighted by atomic mass is 16.5. The first kappa shape index (κ1) is 31.1.